The minimum atomic E-state index is -3.77. The Hall–Kier alpha value is -3.72. The number of hydrogen-bond acceptors (Lipinski definition) is 6. The SMILES string of the molecule is Nc1ncnc2c1c(C(=O)c1cccc(NS(=O)(=O)c3ccccc3)c1)cn2C1CCCC1. The fraction of sp³-hybridized carbons (Fsp3) is 0.208. The third-order valence-electron chi connectivity index (χ3n) is 6.03. The second-order valence-corrected chi connectivity index (χ2v) is 9.86. The van der Waals surface area contributed by atoms with Gasteiger partial charge in [0.2, 0.25) is 0 Å². The van der Waals surface area contributed by atoms with E-state index < -0.39 is 10.0 Å². The van der Waals surface area contributed by atoms with Gasteiger partial charge in [-0.3, -0.25) is 9.52 Å². The highest BCUT2D eigenvalue weighted by molar-refractivity contribution is 7.92. The van der Waals surface area contributed by atoms with Gasteiger partial charge in [-0.25, -0.2) is 18.4 Å². The van der Waals surface area contributed by atoms with Crippen LogP contribution < -0.4 is 10.5 Å². The summed E-state index contributed by atoms with van der Waals surface area (Å²) < 4.78 is 30.0. The van der Waals surface area contributed by atoms with Crippen LogP contribution in [0.15, 0.2) is 72.0 Å². The second-order valence-electron chi connectivity index (χ2n) is 8.17. The van der Waals surface area contributed by atoms with Crippen LogP contribution in [0.4, 0.5) is 11.5 Å². The third-order valence-corrected chi connectivity index (χ3v) is 7.43. The van der Waals surface area contributed by atoms with E-state index in [0.717, 1.165) is 25.7 Å². The number of anilines is 2. The van der Waals surface area contributed by atoms with Crippen molar-refractivity contribution in [2.24, 2.45) is 0 Å². The molecule has 8 nitrogen and oxygen atoms in total. The van der Waals surface area contributed by atoms with Crippen LogP contribution >= 0.6 is 0 Å². The van der Waals surface area contributed by atoms with Crippen molar-refractivity contribution in [2.75, 3.05) is 10.5 Å². The second kappa shape index (κ2) is 8.32. The van der Waals surface area contributed by atoms with E-state index in [1.165, 1.54) is 24.5 Å². The summed E-state index contributed by atoms with van der Waals surface area (Å²) in [5.74, 6) is -0.0139. The highest BCUT2D eigenvalue weighted by Gasteiger charge is 2.25. The van der Waals surface area contributed by atoms with Gasteiger partial charge in [0.25, 0.3) is 10.0 Å². The van der Waals surface area contributed by atoms with Gasteiger partial charge in [-0.15, -0.1) is 0 Å². The first-order chi connectivity index (χ1) is 15.9. The Kier molecular flexibility index (Phi) is 5.33. The quantitative estimate of drug-likeness (QED) is 0.416. The van der Waals surface area contributed by atoms with E-state index in [0.29, 0.717) is 27.8 Å². The maximum absolute atomic E-state index is 13.5. The van der Waals surface area contributed by atoms with Gasteiger partial charge in [-0.05, 0) is 37.1 Å². The van der Waals surface area contributed by atoms with E-state index in [4.69, 9.17) is 5.73 Å². The van der Waals surface area contributed by atoms with Crippen LogP contribution in [0, 0.1) is 0 Å². The normalized spacial score (nSPS) is 14.5. The predicted molar refractivity (Wildman–Crippen MR) is 127 cm³/mol. The zero-order chi connectivity index (χ0) is 23.0. The van der Waals surface area contributed by atoms with Crippen LogP contribution in [0.5, 0.6) is 0 Å². The van der Waals surface area contributed by atoms with Crippen molar-refractivity contribution < 1.29 is 13.2 Å². The first-order valence-corrected chi connectivity index (χ1v) is 12.3. The molecule has 5 rings (SSSR count). The van der Waals surface area contributed by atoms with Gasteiger partial charge in [0.05, 0.1) is 15.8 Å². The summed E-state index contributed by atoms with van der Waals surface area (Å²) in [7, 11) is -3.77. The molecule has 0 radical (unpaired) electrons. The van der Waals surface area contributed by atoms with Crippen molar-refractivity contribution in [3.05, 3.63) is 78.2 Å². The molecule has 2 aromatic heterocycles. The summed E-state index contributed by atoms with van der Waals surface area (Å²) in [5.41, 5.74) is 7.86. The molecule has 0 spiro atoms. The fourth-order valence-corrected chi connectivity index (χ4v) is 5.51. The number of ketones is 1. The van der Waals surface area contributed by atoms with Crippen LogP contribution in [-0.2, 0) is 10.0 Å². The van der Waals surface area contributed by atoms with Gasteiger partial charge in [0.1, 0.15) is 17.8 Å². The maximum atomic E-state index is 13.5. The molecule has 33 heavy (non-hydrogen) atoms. The summed E-state index contributed by atoms with van der Waals surface area (Å²) in [6, 6.07) is 14.8. The lowest BCUT2D eigenvalue weighted by atomic mass is 10.0. The minimum absolute atomic E-state index is 0.145. The van der Waals surface area contributed by atoms with E-state index in [2.05, 4.69) is 14.7 Å². The van der Waals surface area contributed by atoms with Crippen LogP contribution in [0.1, 0.15) is 47.6 Å². The maximum Gasteiger partial charge on any atom is 0.261 e. The first-order valence-electron chi connectivity index (χ1n) is 10.8. The van der Waals surface area contributed by atoms with Crippen molar-refractivity contribution in [1.29, 1.82) is 0 Å². The molecule has 0 aliphatic heterocycles. The zero-order valence-corrected chi connectivity index (χ0v) is 18.6. The number of fused-ring (bicyclic) bond motifs is 1. The molecule has 168 valence electrons. The molecule has 9 heteroatoms. The Balaban J connectivity index is 1.52. The molecule has 0 amide bonds. The molecule has 1 fully saturated rings. The number of aromatic nitrogens is 3. The van der Waals surface area contributed by atoms with Crippen molar-refractivity contribution in [2.45, 2.75) is 36.6 Å². The monoisotopic (exact) mass is 461 g/mol. The molecule has 2 aromatic carbocycles. The van der Waals surface area contributed by atoms with Crippen LogP contribution in [0.3, 0.4) is 0 Å². The number of benzene rings is 2. The standard InChI is InChI=1S/C24H23N5O3S/c25-23-21-20(14-29(18-9-4-5-10-18)24(21)27-15-26-23)22(30)16-7-6-8-17(13-16)28-33(31,32)19-11-2-1-3-12-19/h1-3,6-8,11-15,18,28H,4-5,9-10H2,(H2,25,26,27). The lowest BCUT2D eigenvalue weighted by Gasteiger charge is -2.12. The van der Waals surface area contributed by atoms with E-state index in [-0.39, 0.29) is 22.5 Å². The molecule has 1 aliphatic rings. The molecule has 1 saturated carbocycles. The highest BCUT2D eigenvalue weighted by Crippen LogP contribution is 2.35. The highest BCUT2D eigenvalue weighted by atomic mass is 32.2. The Labute approximate surface area is 191 Å². The molecule has 3 N–H and O–H groups in total. The van der Waals surface area contributed by atoms with E-state index in [9.17, 15) is 13.2 Å². The summed E-state index contributed by atoms with van der Waals surface area (Å²) >= 11 is 0. The average molecular weight is 462 g/mol. The number of carbonyl (C=O) groups excluding carboxylic acids is 1. The van der Waals surface area contributed by atoms with Crippen molar-refractivity contribution in [1.82, 2.24) is 14.5 Å². The Bertz CT molecular complexity index is 1440. The topological polar surface area (TPSA) is 120 Å². The summed E-state index contributed by atoms with van der Waals surface area (Å²) in [6.07, 6.45) is 7.55. The van der Waals surface area contributed by atoms with E-state index in [1.807, 2.05) is 10.8 Å². The molecule has 0 saturated heterocycles. The van der Waals surface area contributed by atoms with Crippen molar-refractivity contribution in [3.8, 4) is 0 Å². The molecule has 0 bridgehead atoms. The predicted octanol–water partition coefficient (Wildman–Crippen LogP) is 4.16. The Morgan fingerprint density at radius 2 is 1.79 bits per heavy atom. The minimum Gasteiger partial charge on any atom is -0.383 e. The summed E-state index contributed by atoms with van der Waals surface area (Å²) in [4.78, 5) is 22.2. The lowest BCUT2D eigenvalue weighted by molar-refractivity contribution is 0.104. The molecular formula is C24H23N5O3S. The molecular weight excluding hydrogens is 438 g/mol. The van der Waals surface area contributed by atoms with Gasteiger partial charge in [0, 0.05) is 23.5 Å². The zero-order valence-electron chi connectivity index (χ0n) is 17.8. The number of nitrogen functional groups attached to an aromatic ring is 1. The molecule has 0 unspecified atom stereocenters. The van der Waals surface area contributed by atoms with Gasteiger partial charge < -0.3 is 10.3 Å². The Morgan fingerprint density at radius 1 is 1.03 bits per heavy atom. The number of nitrogens with zero attached hydrogens (tertiary/aromatic N) is 3. The number of rotatable bonds is 6. The molecule has 2 heterocycles. The van der Waals surface area contributed by atoms with Gasteiger partial charge in [-0.1, -0.05) is 43.2 Å². The third kappa shape index (κ3) is 3.95. The van der Waals surface area contributed by atoms with Gasteiger partial charge >= 0.3 is 0 Å². The summed E-state index contributed by atoms with van der Waals surface area (Å²) in [5, 5.41) is 0.532. The first kappa shape index (κ1) is 21.1. The van der Waals surface area contributed by atoms with E-state index >= 15 is 0 Å². The van der Waals surface area contributed by atoms with Crippen LogP contribution in [-0.4, -0.2) is 28.7 Å². The van der Waals surface area contributed by atoms with E-state index in [1.54, 1.807) is 36.4 Å². The van der Waals surface area contributed by atoms with Crippen molar-refractivity contribution >= 4 is 38.3 Å². The van der Waals surface area contributed by atoms with Gasteiger partial charge in [-0.2, -0.15) is 0 Å². The number of sulfonamides is 1. The largest absolute Gasteiger partial charge is 0.383 e. The summed E-state index contributed by atoms with van der Waals surface area (Å²) in [6.45, 7) is 0. The smallest absolute Gasteiger partial charge is 0.261 e. The average Bonchev–Trinajstić information content (AvgIpc) is 3.48. The van der Waals surface area contributed by atoms with Crippen molar-refractivity contribution in [3.63, 3.8) is 0 Å². The molecule has 0 atom stereocenters. The lowest BCUT2D eigenvalue weighted by Crippen LogP contribution is -2.13. The molecule has 1 aliphatic carbocycles. The fourth-order valence-electron chi connectivity index (χ4n) is 4.43. The van der Waals surface area contributed by atoms with Crippen LogP contribution in [0.25, 0.3) is 11.0 Å². The van der Waals surface area contributed by atoms with Gasteiger partial charge in [0.15, 0.2) is 5.78 Å². The van der Waals surface area contributed by atoms with Crippen LogP contribution in [0.2, 0.25) is 0 Å². The number of nitrogens with one attached hydrogen (secondary N) is 1. The number of nitrogens with two attached hydrogens (primary N) is 1. The molecule has 4 aromatic rings. The number of hydrogen-bond donors (Lipinski definition) is 2. The Morgan fingerprint density at radius 3 is 2.55 bits per heavy atom. The number of carbonyl (C=O) groups is 1.